The van der Waals surface area contributed by atoms with Crippen molar-refractivity contribution in [2.75, 3.05) is 10.8 Å². The number of hydrogen-bond donors (Lipinski definition) is 0. The third-order valence-electron chi connectivity index (χ3n) is 3.72. The van der Waals surface area contributed by atoms with Crippen molar-refractivity contribution in [3.05, 3.63) is 58.6 Å². The number of sulfonamides is 1. The van der Waals surface area contributed by atoms with Crippen LogP contribution in [0.1, 0.15) is 18.4 Å². The number of aryl methyl sites for hydroxylation is 1. The first-order valence-corrected chi connectivity index (χ1v) is 9.18. The summed E-state index contributed by atoms with van der Waals surface area (Å²) in [6.07, 6.45) is 2.83. The van der Waals surface area contributed by atoms with Gasteiger partial charge in [-0.3, -0.25) is 4.31 Å². The van der Waals surface area contributed by atoms with E-state index in [0.717, 1.165) is 35.0 Å². The SMILES string of the molecule is O=S(=O)(c1ccc(Br)cc1)N1CCCCc2ccccc21. The molecular formula is C16H16BrNO2S. The summed E-state index contributed by atoms with van der Waals surface area (Å²) in [7, 11) is -3.50. The highest BCUT2D eigenvalue weighted by atomic mass is 79.9. The Balaban J connectivity index is 2.08. The van der Waals surface area contributed by atoms with Crippen LogP contribution in [0.5, 0.6) is 0 Å². The van der Waals surface area contributed by atoms with Crippen LogP contribution in [-0.2, 0) is 16.4 Å². The highest BCUT2D eigenvalue weighted by Crippen LogP contribution is 2.31. The molecule has 3 rings (SSSR count). The molecule has 1 heterocycles. The van der Waals surface area contributed by atoms with Crippen LogP contribution in [0, 0.1) is 0 Å². The molecule has 0 fully saturated rings. The lowest BCUT2D eigenvalue weighted by molar-refractivity contribution is 0.589. The molecular weight excluding hydrogens is 350 g/mol. The average Bonchev–Trinajstić information content (AvgIpc) is 2.70. The van der Waals surface area contributed by atoms with Crippen molar-refractivity contribution in [2.24, 2.45) is 0 Å². The topological polar surface area (TPSA) is 37.4 Å². The Hall–Kier alpha value is -1.33. The smallest absolute Gasteiger partial charge is 0.264 e. The Labute approximate surface area is 133 Å². The predicted molar refractivity (Wildman–Crippen MR) is 88.1 cm³/mol. The molecule has 0 aromatic heterocycles. The van der Waals surface area contributed by atoms with E-state index in [1.807, 2.05) is 24.3 Å². The third kappa shape index (κ3) is 2.85. The maximum atomic E-state index is 12.9. The molecule has 0 aliphatic carbocycles. The molecule has 0 atom stereocenters. The first-order valence-electron chi connectivity index (χ1n) is 6.95. The van der Waals surface area contributed by atoms with Gasteiger partial charge in [-0.1, -0.05) is 34.1 Å². The highest BCUT2D eigenvalue weighted by Gasteiger charge is 2.27. The van der Waals surface area contributed by atoms with E-state index in [1.54, 1.807) is 28.6 Å². The van der Waals surface area contributed by atoms with E-state index in [0.29, 0.717) is 11.4 Å². The lowest BCUT2D eigenvalue weighted by Gasteiger charge is -2.24. The molecule has 0 radical (unpaired) electrons. The summed E-state index contributed by atoms with van der Waals surface area (Å²) in [5, 5.41) is 0. The van der Waals surface area contributed by atoms with E-state index in [4.69, 9.17) is 0 Å². The summed E-state index contributed by atoms with van der Waals surface area (Å²) in [5.41, 5.74) is 1.92. The van der Waals surface area contributed by atoms with Crippen LogP contribution in [0.3, 0.4) is 0 Å². The van der Waals surface area contributed by atoms with E-state index >= 15 is 0 Å². The van der Waals surface area contributed by atoms with Crippen molar-refractivity contribution < 1.29 is 8.42 Å². The number of halogens is 1. The molecule has 0 spiro atoms. The molecule has 2 aromatic carbocycles. The number of rotatable bonds is 2. The average molecular weight is 366 g/mol. The maximum Gasteiger partial charge on any atom is 0.264 e. The minimum Gasteiger partial charge on any atom is -0.266 e. The van der Waals surface area contributed by atoms with E-state index in [1.165, 1.54) is 0 Å². The van der Waals surface area contributed by atoms with Gasteiger partial charge in [0.05, 0.1) is 10.6 Å². The monoisotopic (exact) mass is 365 g/mol. The Morgan fingerprint density at radius 2 is 1.67 bits per heavy atom. The molecule has 21 heavy (non-hydrogen) atoms. The molecule has 1 aliphatic rings. The van der Waals surface area contributed by atoms with E-state index in [2.05, 4.69) is 15.9 Å². The van der Waals surface area contributed by atoms with E-state index in [9.17, 15) is 8.42 Å². The van der Waals surface area contributed by atoms with Crippen LogP contribution >= 0.6 is 15.9 Å². The molecule has 0 bridgehead atoms. The zero-order valence-corrected chi connectivity index (χ0v) is 13.9. The Morgan fingerprint density at radius 3 is 2.43 bits per heavy atom. The van der Waals surface area contributed by atoms with Gasteiger partial charge in [0.15, 0.2) is 0 Å². The second-order valence-electron chi connectivity index (χ2n) is 5.12. The fourth-order valence-corrected chi connectivity index (χ4v) is 4.45. The van der Waals surface area contributed by atoms with Crippen LogP contribution in [-0.4, -0.2) is 15.0 Å². The van der Waals surface area contributed by atoms with Crippen LogP contribution in [0.25, 0.3) is 0 Å². The van der Waals surface area contributed by atoms with E-state index < -0.39 is 10.0 Å². The minimum atomic E-state index is -3.50. The molecule has 0 unspecified atom stereocenters. The second-order valence-corrected chi connectivity index (χ2v) is 7.89. The summed E-state index contributed by atoms with van der Waals surface area (Å²) in [6, 6.07) is 14.6. The summed E-state index contributed by atoms with van der Waals surface area (Å²) in [4.78, 5) is 0.336. The number of hydrogen-bond acceptors (Lipinski definition) is 2. The van der Waals surface area contributed by atoms with Gasteiger partial charge in [0.1, 0.15) is 0 Å². The Bertz CT molecular complexity index is 741. The van der Waals surface area contributed by atoms with E-state index in [-0.39, 0.29) is 0 Å². The summed E-state index contributed by atoms with van der Waals surface area (Å²) in [6.45, 7) is 0.537. The van der Waals surface area contributed by atoms with Crippen molar-refractivity contribution in [1.82, 2.24) is 0 Å². The normalized spacial score (nSPS) is 15.4. The fourth-order valence-electron chi connectivity index (χ4n) is 2.64. The molecule has 0 N–H and O–H groups in total. The fraction of sp³-hybridized carbons (Fsp3) is 0.250. The largest absolute Gasteiger partial charge is 0.266 e. The second kappa shape index (κ2) is 5.81. The van der Waals surface area contributed by atoms with Crippen molar-refractivity contribution in [3.8, 4) is 0 Å². The van der Waals surface area contributed by atoms with Crippen molar-refractivity contribution >= 4 is 31.6 Å². The number of nitrogens with zero attached hydrogens (tertiary/aromatic N) is 1. The summed E-state index contributed by atoms with van der Waals surface area (Å²) >= 11 is 3.34. The zero-order chi connectivity index (χ0) is 14.9. The van der Waals surface area contributed by atoms with Crippen LogP contribution in [0.15, 0.2) is 57.9 Å². The van der Waals surface area contributed by atoms with Crippen molar-refractivity contribution in [2.45, 2.75) is 24.2 Å². The molecule has 1 aliphatic heterocycles. The summed E-state index contributed by atoms with van der Waals surface area (Å²) in [5.74, 6) is 0. The highest BCUT2D eigenvalue weighted by molar-refractivity contribution is 9.10. The van der Waals surface area contributed by atoms with Crippen LogP contribution in [0.4, 0.5) is 5.69 Å². The number of anilines is 1. The molecule has 5 heteroatoms. The first-order chi connectivity index (χ1) is 10.1. The Kier molecular flexibility index (Phi) is 4.04. The minimum absolute atomic E-state index is 0.336. The van der Waals surface area contributed by atoms with Gasteiger partial charge in [0.25, 0.3) is 10.0 Å². The lowest BCUT2D eigenvalue weighted by atomic mass is 10.1. The van der Waals surface area contributed by atoms with Gasteiger partial charge < -0.3 is 0 Å². The maximum absolute atomic E-state index is 12.9. The zero-order valence-electron chi connectivity index (χ0n) is 11.5. The molecule has 0 saturated carbocycles. The lowest BCUT2D eigenvalue weighted by Crippen LogP contribution is -2.31. The van der Waals surface area contributed by atoms with Gasteiger partial charge >= 0.3 is 0 Å². The molecule has 2 aromatic rings. The van der Waals surface area contributed by atoms with Crippen LogP contribution < -0.4 is 4.31 Å². The van der Waals surface area contributed by atoms with Crippen molar-refractivity contribution in [3.63, 3.8) is 0 Å². The standard InChI is InChI=1S/C16H16BrNO2S/c17-14-8-10-15(11-9-14)21(19,20)18-12-4-3-6-13-5-1-2-7-16(13)18/h1-2,5,7-11H,3-4,6,12H2. The molecule has 0 amide bonds. The van der Waals surface area contributed by atoms with Gasteiger partial charge in [-0.25, -0.2) is 8.42 Å². The predicted octanol–water partition coefficient (Wildman–Crippen LogP) is 3.98. The van der Waals surface area contributed by atoms with Gasteiger partial charge in [-0.05, 0) is 55.2 Å². The number of benzene rings is 2. The van der Waals surface area contributed by atoms with Gasteiger partial charge in [-0.2, -0.15) is 0 Å². The molecule has 110 valence electrons. The molecule has 3 nitrogen and oxygen atoms in total. The first kappa shape index (κ1) is 14.6. The van der Waals surface area contributed by atoms with Gasteiger partial charge in [0.2, 0.25) is 0 Å². The van der Waals surface area contributed by atoms with Gasteiger partial charge in [-0.15, -0.1) is 0 Å². The number of fused-ring (bicyclic) bond motifs is 1. The quantitative estimate of drug-likeness (QED) is 0.806. The Morgan fingerprint density at radius 1 is 0.952 bits per heavy atom. The number of para-hydroxylation sites is 1. The third-order valence-corrected chi connectivity index (χ3v) is 6.08. The molecule has 0 saturated heterocycles. The van der Waals surface area contributed by atoms with Crippen molar-refractivity contribution in [1.29, 1.82) is 0 Å². The van der Waals surface area contributed by atoms with Gasteiger partial charge in [0, 0.05) is 11.0 Å². The summed E-state index contributed by atoms with van der Waals surface area (Å²) < 4.78 is 28.3. The van der Waals surface area contributed by atoms with Crippen LogP contribution in [0.2, 0.25) is 0 Å².